The van der Waals surface area contributed by atoms with Crippen LogP contribution >= 0.6 is 23.2 Å². The van der Waals surface area contributed by atoms with Gasteiger partial charge in [-0.3, -0.25) is 4.79 Å². The van der Waals surface area contributed by atoms with Crippen molar-refractivity contribution in [1.29, 1.82) is 0 Å². The fraction of sp³-hybridized carbons (Fsp3) is 0.517. The number of likely N-dealkylation sites (N-methyl/N-ethyl adjacent to an activating group) is 1. The first-order valence-electron chi connectivity index (χ1n) is 12.8. The first-order chi connectivity index (χ1) is 17.0. The van der Waals surface area contributed by atoms with E-state index in [2.05, 4.69) is 11.4 Å². The quantitative estimate of drug-likeness (QED) is 0.443. The second kappa shape index (κ2) is 10.7. The molecule has 4 rings (SSSR count). The number of amides is 1. The van der Waals surface area contributed by atoms with E-state index in [0.29, 0.717) is 16.6 Å². The summed E-state index contributed by atoms with van der Waals surface area (Å²) in [5.74, 6) is 0.155. The van der Waals surface area contributed by atoms with Gasteiger partial charge in [-0.1, -0.05) is 53.5 Å². The van der Waals surface area contributed by atoms with Gasteiger partial charge in [-0.05, 0) is 82.8 Å². The van der Waals surface area contributed by atoms with Crippen LogP contribution in [0, 0.1) is 5.92 Å². The monoisotopic (exact) mass is 530 g/mol. The van der Waals surface area contributed by atoms with Crippen LogP contribution in [0.3, 0.4) is 0 Å². The van der Waals surface area contributed by atoms with Gasteiger partial charge in [0, 0.05) is 36.4 Å². The summed E-state index contributed by atoms with van der Waals surface area (Å²) in [6, 6.07) is 13.8. The van der Waals surface area contributed by atoms with Crippen LogP contribution in [-0.2, 0) is 10.2 Å². The molecule has 1 spiro atoms. The average molecular weight is 532 g/mol. The smallest absolute Gasteiger partial charge is 0.410 e. The maximum atomic E-state index is 13.7. The van der Waals surface area contributed by atoms with Gasteiger partial charge in [-0.2, -0.15) is 0 Å². The summed E-state index contributed by atoms with van der Waals surface area (Å²) in [5.41, 5.74) is 2.38. The summed E-state index contributed by atoms with van der Waals surface area (Å²) in [4.78, 5) is 28.0. The molecular weight excluding hydrogens is 495 g/mol. The van der Waals surface area contributed by atoms with Crippen molar-refractivity contribution in [3.05, 3.63) is 69.2 Å². The summed E-state index contributed by atoms with van der Waals surface area (Å²) in [6.45, 7) is 7.85. The molecule has 36 heavy (non-hydrogen) atoms. The second-order valence-corrected chi connectivity index (χ2v) is 12.0. The van der Waals surface area contributed by atoms with E-state index < -0.39 is 5.60 Å². The number of ketones is 1. The highest BCUT2D eigenvalue weighted by Crippen LogP contribution is 2.51. The zero-order valence-corrected chi connectivity index (χ0v) is 23.1. The van der Waals surface area contributed by atoms with Crippen LogP contribution in [-0.4, -0.2) is 49.1 Å². The fourth-order valence-corrected chi connectivity index (χ4v) is 6.21. The van der Waals surface area contributed by atoms with Crippen molar-refractivity contribution in [2.24, 2.45) is 5.92 Å². The Morgan fingerprint density at radius 2 is 1.83 bits per heavy atom. The van der Waals surface area contributed by atoms with Crippen molar-refractivity contribution in [1.82, 2.24) is 10.2 Å². The molecule has 1 unspecified atom stereocenters. The van der Waals surface area contributed by atoms with Gasteiger partial charge in [-0.15, -0.1) is 0 Å². The van der Waals surface area contributed by atoms with Gasteiger partial charge in [-0.25, -0.2) is 4.79 Å². The topological polar surface area (TPSA) is 58.6 Å². The largest absolute Gasteiger partial charge is 0.444 e. The van der Waals surface area contributed by atoms with Gasteiger partial charge in [0.25, 0.3) is 0 Å². The number of benzene rings is 2. The number of carbonyl (C=O) groups is 2. The summed E-state index contributed by atoms with van der Waals surface area (Å²) in [7, 11) is 1.75. The summed E-state index contributed by atoms with van der Waals surface area (Å²) in [5, 5.41) is 4.44. The Labute approximate surface area is 224 Å². The number of piperidine rings is 1. The minimum absolute atomic E-state index is 0.0208. The maximum Gasteiger partial charge on any atom is 0.410 e. The molecule has 0 bridgehead atoms. The lowest BCUT2D eigenvalue weighted by atomic mass is 9.66. The highest BCUT2D eigenvalue weighted by molar-refractivity contribution is 6.42. The highest BCUT2D eigenvalue weighted by Gasteiger charge is 2.51. The van der Waals surface area contributed by atoms with E-state index in [0.717, 1.165) is 49.9 Å². The van der Waals surface area contributed by atoms with E-state index in [9.17, 15) is 9.59 Å². The van der Waals surface area contributed by atoms with Gasteiger partial charge in [0.2, 0.25) is 0 Å². The van der Waals surface area contributed by atoms with E-state index in [1.165, 1.54) is 5.56 Å². The molecule has 1 amide bonds. The molecule has 0 saturated carbocycles. The number of halogens is 2. The summed E-state index contributed by atoms with van der Waals surface area (Å²) < 4.78 is 5.59. The third kappa shape index (κ3) is 5.58. The number of ether oxygens (including phenoxy) is 1. The molecule has 2 aromatic carbocycles. The highest BCUT2D eigenvalue weighted by atomic mass is 35.5. The molecule has 194 valence electrons. The number of hydrogen-bond acceptors (Lipinski definition) is 4. The Morgan fingerprint density at radius 1 is 1.14 bits per heavy atom. The molecule has 1 aliphatic carbocycles. The lowest BCUT2D eigenvalue weighted by Gasteiger charge is -2.40. The molecule has 1 heterocycles. The molecular formula is C29H36Cl2N2O3. The summed E-state index contributed by atoms with van der Waals surface area (Å²) in [6.07, 6.45) is 3.02. The minimum atomic E-state index is -0.576. The van der Waals surface area contributed by atoms with E-state index >= 15 is 0 Å². The maximum absolute atomic E-state index is 13.7. The van der Waals surface area contributed by atoms with Crippen molar-refractivity contribution in [2.45, 2.75) is 63.4 Å². The van der Waals surface area contributed by atoms with Crippen molar-refractivity contribution in [3.63, 3.8) is 0 Å². The van der Waals surface area contributed by atoms with Crippen LogP contribution < -0.4 is 5.32 Å². The number of carbonyl (C=O) groups excluding carboxylic acids is 2. The Kier molecular flexibility index (Phi) is 8.04. The first kappa shape index (κ1) is 27.0. The van der Waals surface area contributed by atoms with Gasteiger partial charge in [0.1, 0.15) is 5.60 Å². The van der Waals surface area contributed by atoms with Gasteiger partial charge in [0.05, 0.1) is 10.0 Å². The number of hydrogen-bond donors (Lipinski definition) is 1. The van der Waals surface area contributed by atoms with E-state index in [1.54, 1.807) is 18.0 Å². The van der Waals surface area contributed by atoms with Crippen LogP contribution in [0.1, 0.15) is 73.9 Å². The number of fused-ring (bicyclic) bond motifs is 2. The van der Waals surface area contributed by atoms with Crippen molar-refractivity contribution >= 4 is 35.1 Å². The minimum Gasteiger partial charge on any atom is -0.444 e. The molecule has 2 aliphatic rings. The van der Waals surface area contributed by atoms with Crippen molar-refractivity contribution < 1.29 is 14.3 Å². The fourth-order valence-electron chi connectivity index (χ4n) is 5.90. The molecule has 1 saturated heterocycles. The number of Topliss-reactive ketones (excluding diaryl/α,β-unsaturated/α-hetero) is 1. The zero-order valence-electron chi connectivity index (χ0n) is 21.6. The standard InChI is InChI=1S/C29H36Cl2N2O3/c1-28(2,3)36-27(35)33(4)18-20(19-10-12-24(30)25(31)17-19)9-11-23-26(34)21-7-5-6-8-22(21)29(23)13-15-32-16-14-29/h5-8,10,12,17,20,23,32H,9,11,13-16,18H2,1-4H3/t20-,23?/m1/s1. The van der Waals surface area contributed by atoms with Gasteiger partial charge in [0.15, 0.2) is 5.78 Å². The van der Waals surface area contributed by atoms with Crippen LogP contribution in [0.25, 0.3) is 0 Å². The Balaban J connectivity index is 1.59. The molecule has 1 N–H and O–H groups in total. The Bertz CT molecular complexity index is 1120. The normalized spacial score (nSPS) is 19.7. The van der Waals surface area contributed by atoms with Crippen LogP contribution in [0.2, 0.25) is 10.0 Å². The average Bonchev–Trinajstić information content (AvgIpc) is 3.05. The molecule has 1 aliphatic heterocycles. The van der Waals surface area contributed by atoms with Crippen molar-refractivity contribution in [3.8, 4) is 0 Å². The predicted molar refractivity (Wildman–Crippen MR) is 145 cm³/mol. The van der Waals surface area contributed by atoms with Gasteiger partial charge < -0.3 is 15.0 Å². The molecule has 2 aromatic rings. The Hall–Kier alpha value is -2.08. The predicted octanol–water partition coefficient (Wildman–Crippen LogP) is 6.86. The van der Waals surface area contributed by atoms with Crippen LogP contribution in [0.15, 0.2) is 42.5 Å². The molecule has 0 radical (unpaired) electrons. The molecule has 1 fully saturated rings. The molecule has 7 heteroatoms. The van der Waals surface area contributed by atoms with Crippen LogP contribution in [0.5, 0.6) is 0 Å². The number of nitrogens with one attached hydrogen (secondary N) is 1. The number of rotatable bonds is 6. The lowest BCUT2D eigenvalue weighted by molar-refractivity contribution is 0.0284. The third-order valence-corrected chi connectivity index (χ3v) is 8.37. The SMILES string of the molecule is CN(C[C@@H](CCC1C(=O)c2ccccc2C12CCNCC2)c1ccc(Cl)c(Cl)c1)C(=O)OC(C)(C)C. The zero-order chi connectivity index (χ0) is 26.1. The van der Waals surface area contributed by atoms with Crippen LogP contribution in [0.4, 0.5) is 4.79 Å². The van der Waals surface area contributed by atoms with E-state index in [1.807, 2.05) is 51.1 Å². The Morgan fingerprint density at radius 3 is 2.50 bits per heavy atom. The third-order valence-electron chi connectivity index (χ3n) is 7.63. The van der Waals surface area contributed by atoms with E-state index in [4.69, 9.17) is 27.9 Å². The van der Waals surface area contributed by atoms with Crippen molar-refractivity contribution in [2.75, 3.05) is 26.7 Å². The molecule has 2 atom stereocenters. The van der Waals surface area contributed by atoms with E-state index in [-0.39, 0.29) is 29.1 Å². The first-order valence-corrected chi connectivity index (χ1v) is 13.5. The molecule has 0 aromatic heterocycles. The number of nitrogens with zero attached hydrogens (tertiary/aromatic N) is 1. The second-order valence-electron chi connectivity index (χ2n) is 11.2. The van der Waals surface area contributed by atoms with Gasteiger partial charge >= 0.3 is 6.09 Å². The summed E-state index contributed by atoms with van der Waals surface area (Å²) >= 11 is 12.6. The lowest BCUT2D eigenvalue weighted by Crippen LogP contribution is -2.44. The molecule has 5 nitrogen and oxygen atoms in total.